The average Bonchev–Trinajstić information content (AvgIpc) is 3.39. The van der Waals surface area contributed by atoms with Crippen LogP contribution in [0.2, 0.25) is 0 Å². The Hall–Kier alpha value is -3.16. The molecule has 1 aliphatic heterocycles. The summed E-state index contributed by atoms with van der Waals surface area (Å²) >= 11 is 1.55. The van der Waals surface area contributed by atoms with Gasteiger partial charge in [0, 0.05) is 11.4 Å². The van der Waals surface area contributed by atoms with Crippen LogP contribution in [0, 0.1) is 0 Å². The molecule has 6 nitrogen and oxygen atoms in total. The van der Waals surface area contributed by atoms with Crippen molar-refractivity contribution in [2.45, 2.75) is 38.3 Å². The predicted octanol–water partition coefficient (Wildman–Crippen LogP) is 3.75. The summed E-state index contributed by atoms with van der Waals surface area (Å²) in [6.07, 6.45) is -1.24. The minimum Gasteiger partial charge on any atom is -0.371 e. The van der Waals surface area contributed by atoms with Crippen molar-refractivity contribution in [1.29, 1.82) is 0 Å². The zero-order valence-corrected chi connectivity index (χ0v) is 18.0. The second-order valence-electron chi connectivity index (χ2n) is 7.61. The lowest BCUT2D eigenvalue weighted by molar-refractivity contribution is -0.130. The van der Waals surface area contributed by atoms with Gasteiger partial charge in [-0.3, -0.25) is 9.69 Å². The van der Waals surface area contributed by atoms with Gasteiger partial charge in [0.2, 0.25) is 5.91 Å². The van der Waals surface area contributed by atoms with Gasteiger partial charge in [-0.05, 0) is 29.5 Å². The molecule has 2 aromatic carbocycles. The van der Waals surface area contributed by atoms with Crippen LogP contribution in [-0.4, -0.2) is 39.1 Å². The molecule has 0 radical (unpaired) electrons. The number of carbonyl (C=O) groups excluding carboxylic acids is 2. The highest BCUT2D eigenvalue weighted by Crippen LogP contribution is 2.27. The fourth-order valence-corrected chi connectivity index (χ4v) is 4.53. The third-order valence-corrected chi connectivity index (χ3v) is 6.47. The van der Waals surface area contributed by atoms with Gasteiger partial charge in [0.1, 0.15) is 0 Å². The van der Waals surface area contributed by atoms with Crippen LogP contribution in [0.25, 0.3) is 0 Å². The van der Waals surface area contributed by atoms with Crippen LogP contribution >= 0.6 is 11.3 Å². The standard InChI is InChI=1S/C24H25N3O3S/c1-17(20-13-8-14-31-20)25-22(28)21-23(29)27(16-19-11-6-3-7-12-19)24(30)26(21)15-18-9-4-2-5-10-18/h2-14,17,21,23,29H,15-16H2,1H3,(H,25,28). The Kier molecular flexibility index (Phi) is 6.34. The minimum atomic E-state index is -1.24. The highest BCUT2D eigenvalue weighted by molar-refractivity contribution is 7.10. The molecule has 1 aliphatic rings. The number of hydrogen-bond donors (Lipinski definition) is 2. The van der Waals surface area contributed by atoms with Gasteiger partial charge < -0.3 is 15.3 Å². The Balaban J connectivity index is 1.58. The third kappa shape index (κ3) is 4.62. The molecule has 0 aliphatic carbocycles. The fourth-order valence-electron chi connectivity index (χ4n) is 3.80. The minimum absolute atomic E-state index is 0.212. The number of hydrogen-bond acceptors (Lipinski definition) is 4. The van der Waals surface area contributed by atoms with Gasteiger partial charge >= 0.3 is 6.03 Å². The van der Waals surface area contributed by atoms with E-state index in [0.717, 1.165) is 16.0 Å². The van der Waals surface area contributed by atoms with Crippen LogP contribution in [0.3, 0.4) is 0 Å². The molecule has 1 fully saturated rings. The van der Waals surface area contributed by atoms with Crippen LogP contribution in [0.4, 0.5) is 4.79 Å². The van der Waals surface area contributed by atoms with Crippen molar-refractivity contribution in [2.75, 3.05) is 0 Å². The van der Waals surface area contributed by atoms with Crippen molar-refractivity contribution in [3.05, 3.63) is 94.2 Å². The van der Waals surface area contributed by atoms with Crippen molar-refractivity contribution >= 4 is 23.3 Å². The lowest BCUT2D eigenvalue weighted by Gasteiger charge is -2.25. The molecule has 2 N–H and O–H groups in total. The van der Waals surface area contributed by atoms with Gasteiger partial charge in [0.15, 0.2) is 12.3 Å². The molecule has 1 aromatic heterocycles. The largest absolute Gasteiger partial charge is 0.371 e. The number of rotatable bonds is 7. The zero-order valence-electron chi connectivity index (χ0n) is 17.2. The van der Waals surface area contributed by atoms with Crippen LogP contribution in [-0.2, 0) is 17.9 Å². The summed E-state index contributed by atoms with van der Waals surface area (Å²) in [7, 11) is 0. The van der Waals surface area contributed by atoms with Crippen molar-refractivity contribution < 1.29 is 14.7 Å². The normalized spacial score (nSPS) is 19.5. The molecule has 4 rings (SSSR count). The number of nitrogens with zero attached hydrogens (tertiary/aromatic N) is 2. The molecule has 31 heavy (non-hydrogen) atoms. The number of amides is 3. The van der Waals surface area contributed by atoms with Crippen molar-refractivity contribution in [3.63, 3.8) is 0 Å². The van der Waals surface area contributed by atoms with E-state index in [2.05, 4.69) is 5.32 Å². The van der Waals surface area contributed by atoms with E-state index < -0.39 is 12.3 Å². The van der Waals surface area contributed by atoms with Gasteiger partial charge in [-0.1, -0.05) is 66.7 Å². The molecule has 0 spiro atoms. The van der Waals surface area contributed by atoms with Crippen molar-refractivity contribution in [2.24, 2.45) is 0 Å². The van der Waals surface area contributed by atoms with E-state index in [9.17, 15) is 14.7 Å². The molecule has 3 amide bonds. The fraction of sp³-hybridized carbons (Fsp3) is 0.250. The summed E-state index contributed by atoms with van der Waals surface area (Å²) in [5, 5.41) is 16.0. The maximum absolute atomic E-state index is 13.3. The lowest BCUT2D eigenvalue weighted by atomic mass is 10.1. The summed E-state index contributed by atoms with van der Waals surface area (Å²) < 4.78 is 0. The summed E-state index contributed by atoms with van der Waals surface area (Å²) in [4.78, 5) is 30.3. The number of urea groups is 1. The van der Waals surface area contributed by atoms with Gasteiger partial charge in [0.25, 0.3) is 0 Å². The number of carbonyl (C=O) groups is 2. The number of thiophene rings is 1. The van der Waals surface area contributed by atoms with Crippen LogP contribution in [0.5, 0.6) is 0 Å². The second-order valence-corrected chi connectivity index (χ2v) is 8.59. The first kappa shape index (κ1) is 21.1. The SMILES string of the molecule is CC(NC(=O)C1C(O)N(Cc2ccccc2)C(=O)N1Cc1ccccc1)c1cccs1. The maximum Gasteiger partial charge on any atom is 0.323 e. The first-order valence-corrected chi connectivity index (χ1v) is 11.1. The number of nitrogens with one attached hydrogen (secondary N) is 1. The Labute approximate surface area is 185 Å². The number of benzene rings is 2. The Morgan fingerprint density at radius 3 is 2.10 bits per heavy atom. The lowest BCUT2D eigenvalue weighted by Crippen LogP contribution is -2.49. The number of aliphatic hydroxyl groups is 1. The van der Waals surface area contributed by atoms with Gasteiger partial charge in [-0.25, -0.2) is 4.79 Å². The molecule has 160 valence electrons. The van der Waals surface area contributed by atoms with E-state index in [4.69, 9.17) is 0 Å². The summed E-state index contributed by atoms with van der Waals surface area (Å²) in [6.45, 7) is 2.38. The molecular weight excluding hydrogens is 410 g/mol. The highest BCUT2D eigenvalue weighted by atomic mass is 32.1. The van der Waals surface area contributed by atoms with E-state index in [-0.39, 0.29) is 31.1 Å². The molecule has 0 saturated carbocycles. The van der Waals surface area contributed by atoms with Gasteiger partial charge in [-0.15, -0.1) is 11.3 Å². The average molecular weight is 436 g/mol. The first-order chi connectivity index (χ1) is 15.0. The quantitative estimate of drug-likeness (QED) is 0.594. The molecule has 0 bridgehead atoms. The monoisotopic (exact) mass is 435 g/mol. The van der Waals surface area contributed by atoms with Crippen LogP contribution in [0.1, 0.15) is 29.0 Å². The predicted molar refractivity (Wildman–Crippen MR) is 120 cm³/mol. The van der Waals surface area contributed by atoms with Crippen LogP contribution < -0.4 is 5.32 Å². The topological polar surface area (TPSA) is 72.9 Å². The van der Waals surface area contributed by atoms with E-state index in [1.807, 2.05) is 85.1 Å². The number of aliphatic hydroxyl groups excluding tert-OH is 1. The Morgan fingerprint density at radius 2 is 1.55 bits per heavy atom. The second kappa shape index (κ2) is 9.32. The van der Waals surface area contributed by atoms with E-state index in [1.165, 1.54) is 9.80 Å². The third-order valence-electron chi connectivity index (χ3n) is 5.42. The van der Waals surface area contributed by atoms with Crippen molar-refractivity contribution in [3.8, 4) is 0 Å². The molecule has 3 atom stereocenters. The Bertz CT molecular complexity index is 1010. The maximum atomic E-state index is 13.3. The Morgan fingerprint density at radius 1 is 0.968 bits per heavy atom. The molecule has 1 saturated heterocycles. The van der Waals surface area contributed by atoms with Gasteiger partial charge in [-0.2, -0.15) is 0 Å². The first-order valence-electron chi connectivity index (χ1n) is 10.2. The van der Waals surface area contributed by atoms with E-state index in [1.54, 1.807) is 11.3 Å². The molecular formula is C24H25N3O3S. The van der Waals surface area contributed by atoms with Crippen molar-refractivity contribution in [1.82, 2.24) is 15.1 Å². The molecule has 2 heterocycles. The van der Waals surface area contributed by atoms with E-state index in [0.29, 0.717) is 0 Å². The highest BCUT2D eigenvalue weighted by Gasteiger charge is 2.48. The van der Waals surface area contributed by atoms with Crippen LogP contribution in [0.15, 0.2) is 78.2 Å². The summed E-state index contributed by atoms with van der Waals surface area (Å²) in [6, 6.07) is 21.3. The molecule has 7 heteroatoms. The molecule has 3 aromatic rings. The smallest absolute Gasteiger partial charge is 0.323 e. The summed E-state index contributed by atoms with van der Waals surface area (Å²) in [5.41, 5.74) is 1.79. The van der Waals surface area contributed by atoms with E-state index >= 15 is 0 Å². The zero-order chi connectivity index (χ0) is 21.8. The molecule has 3 unspecified atom stereocenters. The van der Waals surface area contributed by atoms with Gasteiger partial charge in [0.05, 0.1) is 12.6 Å². The summed E-state index contributed by atoms with van der Waals surface area (Å²) in [5.74, 6) is -0.367.